The molecule has 1 aromatic rings. The van der Waals surface area contributed by atoms with Gasteiger partial charge in [0.15, 0.2) is 0 Å². The van der Waals surface area contributed by atoms with Crippen molar-refractivity contribution in [1.82, 2.24) is 15.3 Å². The fourth-order valence-electron chi connectivity index (χ4n) is 1.36. The van der Waals surface area contributed by atoms with Gasteiger partial charge in [-0.3, -0.25) is 4.79 Å². The summed E-state index contributed by atoms with van der Waals surface area (Å²) in [6.45, 7) is 6.29. The molecule has 3 N–H and O–H groups in total. The molecule has 0 saturated heterocycles. The largest absolute Gasteiger partial charge is 0.384 e. The van der Waals surface area contributed by atoms with Crippen molar-refractivity contribution in [1.29, 1.82) is 0 Å². The topological polar surface area (TPSA) is 84.1 Å². The number of nitrogens with two attached hydrogens (primary N) is 1. The molecule has 0 aliphatic rings. The van der Waals surface area contributed by atoms with E-state index in [-0.39, 0.29) is 17.9 Å². The monoisotopic (exact) mass is 251 g/mol. The number of amides is 1. The van der Waals surface area contributed by atoms with E-state index in [0.29, 0.717) is 17.5 Å². The molecule has 18 heavy (non-hydrogen) atoms. The number of aromatic nitrogens is 2. The van der Waals surface area contributed by atoms with Gasteiger partial charge in [0.2, 0.25) is 5.91 Å². The van der Waals surface area contributed by atoms with Gasteiger partial charge in [-0.1, -0.05) is 20.8 Å². The van der Waals surface area contributed by atoms with Gasteiger partial charge in [-0.15, -0.1) is 0 Å². The first-order chi connectivity index (χ1) is 8.24. The molecule has 1 rings (SSSR count). The molecule has 100 valence electrons. The Bertz CT molecular complexity index is 439. The van der Waals surface area contributed by atoms with E-state index in [4.69, 9.17) is 5.73 Å². The highest BCUT2D eigenvalue weighted by Crippen LogP contribution is 2.22. The minimum atomic E-state index is -0.183. The second kappa shape index (κ2) is 5.20. The molecular formula is C12H21N5O. The average molecular weight is 251 g/mol. The standard InChI is InChI=1S/C12H21N5O/c1-12(2,3)11-15-8(13)6-9(16-11)17(5)7-10(18)14-4/h6H,7H2,1-5H3,(H,14,18)(H2,13,15,16). The lowest BCUT2D eigenvalue weighted by molar-refractivity contribution is -0.119. The number of carbonyl (C=O) groups excluding carboxylic acids is 1. The zero-order valence-electron chi connectivity index (χ0n) is 11.6. The molecule has 0 atom stereocenters. The third kappa shape index (κ3) is 3.58. The second-order valence-corrected chi connectivity index (χ2v) is 5.25. The molecule has 0 radical (unpaired) electrons. The summed E-state index contributed by atoms with van der Waals surface area (Å²) in [5.41, 5.74) is 5.60. The highest BCUT2D eigenvalue weighted by molar-refractivity contribution is 5.80. The van der Waals surface area contributed by atoms with E-state index in [1.165, 1.54) is 0 Å². The van der Waals surface area contributed by atoms with Gasteiger partial charge < -0.3 is 16.0 Å². The lowest BCUT2D eigenvalue weighted by Gasteiger charge is -2.22. The zero-order valence-corrected chi connectivity index (χ0v) is 11.6. The Labute approximate surface area is 108 Å². The Morgan fingerprint density at radius 1 is 1.44 bits per heavy atom. The molecule has 0 saturated carbocycles. The number of anilines is 2. The number of nitrogens with zero attached hydrogens (tertiary/aromatic N) is 3. The van der Waals surface area contributed by atoms with Crippen LogP contribution in [0.3, 0.4) is 0 Å². The van der Waals surface area contributed by atoms with Crippen LogP contribution in [-0.4, -0.2) is 36.5 Å². The van der Waals surface area contributed by atoms with Gasteiger partial charge in [-0.25, -0.2) is 9.97 Å². The number of nitrogens with one attached hydrogen (secondary N) is 1. The van der Waals surface area contributed by atoms with Crippen LogP contribution in [0, 0.1) is 0 Å². The van der Waals surface area contributed by atoms with Crippen LogP contribution in [0.5, 0.6) is 0 Å². The normalized spacial score (nSPS) is 11.2. The Balaban J connectivity index is 3.03. The van der Waals surface area contributed by atoms with Crippen molar-refractivity contribution in [3.63, 3.8) is 0 Å². The van der Waals surface area contributed by atoms with Crippen LogP contribution in [0.25, 0.3) is 0 Å². The maximum Gasteiger partial charge on any atom is 0.239 e. The summed E-state index contributed by atoms with van der Waals surface area (Å²) in [5.74, 6) is 1.65. The first-order valence-corrected chi connectivity index (χ1v) is 5.81. The molecular weight excluding hydrogens is 230 g/mol. The number of hydrogen-bond donors (Lipinski definition) is 2. The molecule has 1 amide bonds. The van der Waals surface area contributed by atoms with Crippen molar-refractivity contribution in [2.75, 3.05) is 31.3 Å². The van der Waals surface area contributed by atoms with Crippen molar-refractivity contribution in [3.8, 4) is 0 Å². The molecule has 0 bridgehead atoms. The van der Waals surface area contributed by atoms with Crippen molar-refractivity contribution in [3.05, 3.63) is 11.9 Å². The fourth-order valence-corrected chi connectivity index (χ4v) is 1.36. The smallest absolute Gasteiger partial charge is 0.239 e. The summed E-state index contributed by atoms with van der Waals surface area (Å²) in [6.07, 6.45) is 0. The number of nitrogen functional groups attached to an aromatic ring is 1. The highest BCUT2D eigenvalue weighted by Gasteiger charge is 2.20. The summed E-state index contributed by atoms with van der Waals surface area (Å²) in [5, 5.41) is 2.57. The molecule has 0 unspecified atom stereocenters. The van der Waals surface area contributed by atoms with Crippen LogP contribution in [0.4, 0.5) is 11.6 Å². The van der Waals surface area contributed by atoms with Gasteiger partial charge in [0.1, 0.15) is 17.5 Å². The summed E-state index contributed by atoms with van der Waals surface area (Å²) in [7, 11) is 3.40. The van der Waals surface area contributed by atoms with E-state index in [2.05, 4.69) is 15.3 Å². The van der Waals surface area contributed by atoms with E-state index >= 15 is 0 Å². The highest BCUT2D eigenvalue weighted by atomic mass is 16.1. The lowest BCUT2D eigenvalue weighted by atomic mass is 9.96. The van der Waals surface area contributed by atoms with E-state index < -0.39 is 0 Å². The van der Waals surface area contributed by atoms with Gasteiger partial charge in [0, 0.05) is 25.6 Å². The van der Waals surface area contributed by atoms with Crippen LogP contribution in [0.15, 0.2) is 6.07 Å². The Hall–Kier alpha value is -1.85. The average Bonchev–Trinajstić information content (AvgIpc) is 2.26. The maximum absolute atomic E-state index is 11.3. The van der Waals surface area contributed by atoms with Gasteiger partial charge in [-0.05, 0) is 0 Å². The fraction of sp³-hybridized carbons (Fsp3) is 0.583. The SMILES string of the molecule is CNC(=O)CN(C)c1cc(N)nc(C(C)(C)C)n1. The van der Waals surface area contributed by atoms with Crippen LogP contribution in [0.1, 0.15) is 26.6 Å². The zero-order chi connectivity index (χ0) is 13.9. The molecule has 1 heterocycles. The number of hydrogen-bond acceptors (Lipinski definition) is 5. The van der Waals surface area contributed by atoms with E-state index in [9.17, 15) is 4.79 Å². The number of likely N-dealkylation sites (N-methyl/N-ethyl adjacent to an activating group) is 2. The van der Waals surface area contributed by atoms with Gasteiger partial charge >= 0.3 is 0 Å². The lowest BCUT2D eigenvalue weighted by Crippen LogP contribution is -2.34. The maximum atomic E-state index is 11.3. The molecule has 0 aliphatic heterocycles. The predicted molar refractivity (Wildman–Crippen MR) is 72.5 cm³/mol. The Morgan fingerprint density at radius 2 is 2.06 bits per heavy atom. The van der Waals surface area contributed by atoms with Crippen molar-refractivity contribution in [2.24, 2.45) is 0 Å². The number of carbonyl (C=O) groups is 1. The molecule has 0 aliphatic carbocycles. The van der Waals surface area contributed by atoms with E-state index in [1.54, 1.807) is 25.1 Å². The van der Waals surface area contributed by atoms with Gasteiger partial charge in [0.25, 0.3) is 0 Å². The number of rotatable bonds is 3. The minimum Gasteiger partial charge on any atom is -0.384 e. The van der Waals surface area contributed by atoms with Crippen molar-refractivity contribution < 1.29 is 4.79 Å². The summed E-state index contributed by atoms with van der Waals surface area (Å²) >= 11 is 0. The molecule has 0 spiro atoms. The first-order valence-electron chi connectivity index (χ1n) is 5.81. The molecule has 6 nitrogen and oxygen atoms in total. The van der Waals surface area contributed by atoms with Crippen LogP contribution in [0.2, 0.25) is 0 Å². The molecule has 6 heteroatoms. The first kappa shape index (κ1) is 14.2. The van der Waals surface area contributed by atoms with Crippen LogP contribution >= 0.6 is 0 Å². The summed E-state index contributed by atoms with van der Waals surface area (Å²) < 4.78 is 0. The molecule has 1 aromatic heterocycles. The molecule has 0 aromatic carbocycles. The summed E-state index contributed by atoms with van der Waals surface area (Å²) in [4.78, 5) is 21.8. The minimum absolute atomic E-state index is 0.0769. The third-order valence-corrected chi connectivity index (χ3v) is 2.45. The van der Waals surface area contributed by atoms with Gasteiger partial charge in [-0.2, -0.15) is 0 Å². The summed E-state index contributed by atoms with van der Waals surface area (Å²) in [6, 6.07) is 1.66. The second-order valence-electron chi connectivity index (χ2n) is 5.25. The van der Waals surface area contributed by atoms with Crippen molar-refractivity contribution >= 4 is 17.5 Å². The van der Waals surface area contributed by atoms with Crippen molar-refractivity contribution in [2.45, 2.75) is 26.2 Å². The predicted octanol–water partition coefficient (Wildman–Crippen LogP) is 0.538. The van der Waals surface area contributed by atoms with Crippen LogP contribution < -0.4 is 16.0 Å². The third-order valence-electron chi connectivity index (χ3n) is 2.45. The van der Waals surface area contributed by atoms with Gasteiger partial charge in [0.05, 0.1) is 6.54 Å². The van der Waals surface area contributed by atoms with Crippen LogP contribution in [-0.2, 0) is 10.2 Å². The quantitative estimate of drug-likeness (QED) is 0.819. The molecule has 0 fully saturated rings. The Kier molecular flexibility index (Phi) is 4.11. The van der Waals surface area contributed by atoms with E-state index in [1.807, 2.05) is 20.8 Å². The van der Waals surface area contributed by atoms with E-state index in [0.717, 1.165) is 0 Å². The Morgan fingerprint density at radius 3 is 2.56 bits per heavy atom.